The summed E-state index contributed by atoms with van der Waals surface area (Å²) in [5.41, 5.74) is 0.846. The van der Waals surface area contributed by atoms with Gasteiger partial charge >= 0.3 is 5.97 Å². The van der Waals surface area contributed by atoms with Crippen LogP contribution >= 0.6 is 0 Å². The van der Waals surface area contributed by atoms with Gasteiger partial charge in [0.15, 0.2) is 12.4 Å². The zero-order valence-electron chi connectivity index (χ0n) is 21.4. The van der Waals surface area contributed by atoms with Gasteiger partial charge in [0.25, 0.3) is 0 Å². The third-order valence-corrected chi connectivity index (χ3v) is 7.88. The van der Waals surface area contributed by atoms with Gasteiger partial charge in [-0.3, -0.25) is 0 Å². The Balaban J connectivity index is 1.47. The number of rotatable bonds is 10. The lowest BCUT2D eigenvalue weighted by Gasteiger charge is -2.44. The molecule has 1 saturated heterocycles. The molecule has 0 aromatic heterocycles. The quantitative estimate of drug-likeness (QED) is 0.341. The fraction of sp³-hybridized carbons (Fsp3) is 0.750. The lowest BCUT2D eigenvalue weighted by atomic mass is 9.85. The summed E-state index contributed by atoms with van der Waals surface area (Å²) in [6.07, 6.45) is 0.146. The highest BCUT2D eigenvalue weighted by atomic mass is 16.7. The SMILES string of the molecule is O=C(OCc1ccccc1)[C@@H](CC1CCCCC1)O[C@H]1[C@@H](O)[C@@H](CO)O[C@@H](O[C@@H]2CCCC[C@H]2O)[C@@H]1O. The van der Waals surface area contributed by atoms with Crippen LogP contribution in [0.2, 0.25) is 0 Å². The molecule has 1 aliphatic heterocycles. The molecular weight excluding hydrogens is 480 g/mol. The lowest BCUT2D eigenvalue weighted by Crippen LogP contribution is -2.62. The second kappa shape index (κ2) is 14.0. The van der Waals surface area contributed by atoms with Gasteiger partial charge in [-0.15, -0.1) is 0 Å². The van der Waals surface area contributed by atoms with Crippen LogP contribution in [0.3, 0.4) is 0 Å². The Morgan fingerprint density at radius 3 is 2.35 bits per heavy atom. The number of ether oxygens (including phenoxy) is 4. The smallest absolute Gasteiger partial charge is 0.335 e. The molecule has 4 N–H and O–H groups in total. The van der Waals surface area contributed by atoms with Crippen LogP contribution in [0.4, 0.5) is 0 Å². The zero-order chi connectivity index (χ0) is 26.2. The average molecular weight is 523 g/mol. The Labute approximate surface area is 218 Å². The van der Waals surface area contributed by atoms with Crippen molar-refractivity contribution in [2.75, 3.05) is 6.61 Å². The first-order valence-electron chi connectivity index (χ1n) is 13.8. The van der Waals surface area contributed by atoms with E-state index in [-0.39, 0.29) is 12.5 Å². The molecule has 0 unspecified atom stereocenters. The van der Waals surface area contributed by atoms with Crippen LogP contribution in [0.15, 0.2) is 30.3 Å². The maximum atomic E-state index is 13.2. The molecule has 2 saturated carbocycles. The summed E-state index contributed by atoms with van der Waals surface area (Å²) in [6, 6.07) is 9.35. The van der Waals surface area contributed by atoms with Gasteiger partial charge in [-0.1, -0.05) is 75.3 Å². The molecule has 1 aromatic carbocycles. The van der Waals surface area contributed by atoms with Crippen molar-refractivity contribution >= 4 is 5.97 Å². The van der Waals surface area contributed by atoms with E-state index in [0.29, 0.717) is 19.3 Å². The van der Waals surface area contributed by atoms with Gasteiger partial charge in [-0.25, -0.2) is 4.79 Å². The third-order valence-electron chi connectivity index (χ3n) is 7.88. The zero-order valence-corrected chi connectivity index (χ0v) is 21.4. The first-order valence-corrected chi connectivity index (χ1v) is 13.8. The number of hydrogen-bond donors (Lipinski definition) is 4. The summed E-state index contributed by atoms with van der Waals surface area (Å²) < 4.78 is 23.3. The number of carbonyl (C=O) groups is 1. The Kier molecular flexibility index (Phi) is 10.7. The van der Waals surface area contributed by atoms with E-state index < -0.39 is 61.6 Å². The minimum Gasteiger partial charge on any atom is -0.459 e. The lowest BCUT2D eigenvalue weighted by molar-refractivity contribution is -0.328. The van der Waals surface area contributed by atoms with Crippen LogP contribution in [0.5, 0.6) is 0 Å². The van der Waals surface area contributed by atoms with Crippen molar-refractivity contribution in [3.63, 3.8) is 0 Å². The fourth-order valence-corrected chi connectivity index (χ4v) is 5.68. The van der Waals surface area contributed by atoms with E-state index in [1.165, 1.54) is 6.42 Å². The molecule has 8 atom stereocenters. The highest BCUT2D eigenvalue weighted by Crippen LogP contribution is 2.33. The topological polar surface area (TPSA) is 135 Å². The molecule has 0 bridgehead atoms. The summed E-state index contributed by atoms with van der Waals surface area (Å²) in [5, 5.41) is 42.2. The normalized spacial score (nSPS) is 34.1. The van der Waals surface area contributed by atoms with E-state index in [1.54, 1.807) is 0 Å². The van der Waals surface area contributed by atoms with Crippen molar-refractivity contribution in [2.24, 2.45) is 5.92 Å². The monoisotopic (exact) mass is 522 g/mol. The number of esters is 1. The maximum absolute atomic E-state index is 13.2. The fourth-order valence-electron chi connectivity index (χ4n) is 5.68. The molecule has 9 heteroatoms. The van der Waals surface area contributed by atoms with E-state index in [4.69, 9.17) is 18.9 Å². The number of benzene rings is 1. The van der Waals surface area contributed by atoms with Crippen molar-refractivity contribution in [3.8, 4) is 0 Å². The Bertz CT molecular complexity index is 815. The molecule has 3 aliphatic rings. The van der Waals surface area contributed by atoms with Crippen LogP contribution in [0, 0.1) is 5.92 Å². The number of aliphatic hydroxyl groups excluding tert-OH is 4. The second-order valence-corrected chi connectivity index (χ2v) is 10.7. The molecule has 0 amide bonds. The molecule has 37 heavy (non-hydrogen) atoms. The van der Waals surface area contributed by atoms with Crippen LogP contribution in [0.25, 0.3) is 0 Å². The largest absolute Gasteiger partial charge is 0.459 e. The molecule has 208 valence electrons. The molecule has 0 radical (unpaired) electrons. The minimum absolute atomic E-state index is 0.0909. The predicted octanol–water partition coefficient (Wildman–Crippen LogP) is 2.21. The first kappa shape index (κ1) is 28.4. The molecule has 1 heterocycles. The molecule has 3 fully saturated rings. The Morgan fingerprint density at radius 1 is 0.946 bits per heavy atom. The number of aliphatic hydroxyl groups is 4. The minimum atomic E-state index is -1.43. The van der Waals surface area contributed by atoms with Gasteiger partial charge in [-0.2, -0.15) is 0 Å². The standard InChI is InChI=1S/C28H42O9/c29-16-23-24(31)26(25(32)28(37-23)36-21-14-8-7-13-20(21)30)35-22(15-18-9-3-1-4-10-18)27(33)34-17-19-11-5-2-6-12-19/h2,5-6,11-12,18,20-26,28-32H,1,3-4,7-10,13-17H2/t20-,21-,22-,23-,24+,25-,26+,28-/m1/s1. The van der Waals surface area contributed by atoms with Crippen molar-refractivity contribution in [2.45, 2.75) is 120 Å². The van der Waals surface area contributed by atoms with Crippen LogP contribution < -0.4 is 0 Å². The van der Waals surface area contributed by atoms with Gasteiger partial charge in [0.05, 0.1) is 18.8 Å². The summed E-state index contributed by atoms with van der Waals surface area (Å²) in [5.74, 6) is -0.281. The van der Waals surface area contributed by atoms with E-state index in [1.807, 2.05) is 30.3 Å². The van der Waals surface area contributed by atoms with Crippen molar-refractivity contribution in [3.05, 3.63) is 35.9 Å². The van der Waals surface area contributed by atoms with Crippen LogP contribution in [0.1, 0.15) is 69.8 Å². The maximum Gasteiger partial charge on any atom is 0.335 e. The Morgan fingerprint density at radius 2 is 1.65 bits per heavy atom. The van der Waals surface area contributed by atoms with Crippen molar-refractivity contribution in [1.29, 1.82) is 0 Å². The highest BCUT2D eigenvalue weighted by molar-refractivity contribution is 5.74. The van der Waals surface area contributed by atoms with Gasteiger partial charge in [-0.05, 0) is 30.7 Å². The van der Waals surface area contributed by atoms with E-state index >= 15 is 0 Å². The van der Waals surface area contributed by atoms with Gasteiger partial charge < -0.3 is 39.4 Å². The Hall–Kier alpha value is -1.59. The van der Waals surface area contributed by atoms with E-state index in [9.17, 15) is 25.2 Å². The second-order valence-electron chi connectivity index (χ2n) is 10.7. The molecular formula is C28H42O9. The molecule has 2 aliphatic carbocycles. The summed E-state index contributed by atoms with van der Waals surface area (Å²) in [7, 11) is 0. The molecule has 4 rings (SSSR count). The van der Waals surface area contributed by atoms with Gasteiger partial charge in [0, 0.05) is 0 Å². The average Bonchev–Trinajstić information content (AvgIpc) is 2.92. The first-order chi connectivity index (χ1) is 18.0. The van der Waals surface area contributed by atoms with Crippen molar-refractivity contribution < 1.29 is 44.2 Å². The van der Waals surface area contributed by atoms with E-state index in [2.05, 4.69) is 0 Å². The van der Waals surface area contributed by atoms with Crippen LogP contribution in [-0.2, 0) is 30.3 Å². The highest BCUT2D eigenvalue weighted by Gasteiger charge is 2.48. The summed E-state index contributed by atoms with van der Waals surface area (Å²) in [6.45, 7) is -0.430. The molecule has 9 nitrogen and oxygen atoms in total. The number of carbonyl (C=O) groups excluding carboxylic acids is 1. The van der Waals surface area contributed by atoms with Crippen molar-refractivity contribution in [1.82, 2.24) is 0 Å². The molecule has 0 spiro atoms. The number of hydrogen-bond acceptors (Lipinski definition) is 9. The van der Waals surface area contributed by atoms with E-state index in [0.717, 1.165) is 44.1 Å². The predicted molar refractivity (Wildman–Crippen MR) is 133 cm³/mol. The van der Waals surface area contributed by atoms with Gasteiger partial charge in [0.2, 0.25) is 0 Å². The summed E-state index contributed by atoms with van der Waals surface area (Å²) in [4.78, 5) is 13.2. The van der Waals surface area contributed by atoms with Gasteiger partial charge in [0.1, 0.15) is 31.0 Å². The summed E-state index contributed by atoms with van der Waals surface area (Å²) >= 11 is 0. The van der Waals surface area contributed by atoms with Crippen LogP contribution in [-0.4, -0.2) is 82.0 Å². The third kappa shape index (κ3) is 7.72. The molecule has 1 aromatic rings.